The summed E-state index contributed by atoms with van der Waals surface area (Å²) in [4.78, 5) is 58.0. The molecule has 2 aliphatic rings. The Morgan fingerprint density at radius 2 is 2.00 bits per heavy atom. The van der Waals surface area contributed by atoms with Gasteiger partial charge in [-0.15, -0.1) is 4.91 Å². The molecular weight excluding hydrogens is 452 g/mol. The van der Waals surface area contributed by atoms with Crippen LogP contribution in [0.4, 0.5) is 4.79 Å². The van der Waals surface area contributed by atoms with Crippen LogP contribution < -0.4 is 16.2 Å². The predicted octanol–water partition coefficient (Wildman–Crippen LogP) is -1.12. The molecule has 4 unspecified atom stereocenters. The van der Waals surface area contributed by atoms with Gasteiger partial charge >= 0.3 is 6.03 Å². The van der Waals surface area contributed by atoms with Crippen LogP contribution in [0.1, 0.15) is 38.3 Å². The highest BCUT2D eigenvalue weighted by molar-refractivity contribution is 5.82. The topological polar surface area (TPSA) is 204 Å². The summed E-state index contributed by atoms with van der Waals surface area (Å²) in [6.45, 7) is -0.331. The Morgan fingerprint density at radius 1 is 1.24 bits per heavy atom. The first-order chi connectivity index (χ1) is 16.4. The molecule has 15 nitrogen and oxygen atoms in total. The number of aromatic amines is 1. The number of nitroso groups, excluding NO2 is 1. The van der Waals surface area contributed by atoms with Crippen molar-refractivity contribution in [3.63, 3.8) is 0 Å². The number of nitrogens with zero attached hydrogens (tertiary/aromatic N) is 5. The lowest BCUT2D eigenvalue weighted by atomic mass is 9.96. The molecule has 0 spiro atoms. The van der Waals surface area contributed by atoms with Crippen LogP contribution in [-0.2, 0) is 9.53 Å². The van der Waals surface area contributed by atoms with Gasteiger partial charge in [-0.1, -0.05) is 19.3 Å². The Hall–Kier alpha value is -3.43. The van der Waals surface area contributed by atoms with E-state index in [0.717, 1.165) is 38.4 Å². The van der Waals surface area contributed by atoms with Crippen molar-refractivity contribution in [2.75, 3.05) is 13.1 Å². The van der Waals surface area contributed by atoms with Gasteiger partial charge in [-0.2, -0.15) is 5.01 Å². The van der Waals surface area contributed by atoms with E-state index < -0.39 is 42.0 Å². The first-order valence-corrected chi connectivity index (χ1v) is 11.0. The van der Waals surface area contributed by atoms with Crippen LogP contribution >= 0.6 is 0 Å². The molecule has 0 aromatic carbocycles. The zero-order valence-corrected chi connectivity index (χ0v) is 18.2. The summed E-state index contributed by atoms with van der Waals surface area (Å²) in [5, 5.41) is 29.4. The largest absolute Gasteiger partial charge is 0.387 e. The molecule has 34 heavy (non-hydrogen) atoms. The molecule has 1 saturated carbocycles. The second-order valence-electron chi connectivity index (χ2n) is 8.26. The molecule has 2 aromatic rings. The van der Waals surface area contributed by atoms with E-state index in [-0.39, 0.29) is 30.3 Å². The SMILES string of the molecule is O=NN(CCNC(=O)C1OC(n2cnc3c(=O)[nH]cnc32)C(O)C1O)C(=O)NC1CCCCC1. The smallest absolute Gasteiger partial charge is 0.340 e. The maximum atomic E-state index is 12.6. The number of urea groups is 1. The van der Waals surface area contributed by atoms with Crippen molar-refractivity contribution in [1.29, 1.82) is 0 Å². The predicted molar refractivity (Wildman–Crippen MR) is 115 cm³/mol. The lowest BCUT2D eigenvalue weighted by Crippen LogP contribution is -2.47. The highest BCUT2D eigenvalue weighted by atomic mass is 16.6. The van der Waals surface area contributed by atoms with Crippen LogP contribution in [0.3, 0.4) is 0 Å². The first kappa shape index (κ1) is 23.7. The molecule has 0 radical (unpaired) electrons. The number of carbonyl (C=O) groups is 2. The third-order valence-corrected chi connectivity index (χ3v) is 6.02. The third-order valence-electron chi connectivity index (χ3n) is 6.02. The second kappa shape index (κ2) is 10.2. The number of carbonyl (C=O) groups excluding carboxylic acids is 2. The number of hydrogen-bond donors (Lipinski definition) is 5. The molecule has 4 atom stereocenters. The lowest BCUT2D eigenvalue weighted by Gasteiger charge is -2.24. The van der Waals surface area contributed by atoms with Crippen molar-refractivity contribution < 1.29 is 24.5 Å². The molecule has 1 saturated heterocycles. The number of imidazole rings is 1. The maximum Gasteiger partial charge on any atom is 0.340 e. The fourth-order valence-corrected chi connectivity index (χ4v) is 4.22. The minimum absolute atomic E-state index is 0.00801. The molecule has 1 aliphatic carbocycles. The van der Waals surface area contributed by atoms with Gasteiger partial charge in [0.2, 0.25) is 0 Å². The van der Waals surface area contributed by atoms with Crippen LogP contribution in [0.2, 0.25) is 0 Å². The van der Waals surface area contributed by atoms with E-state index in [1.54, 1.807) is 0 Å². The van der Waals surface area contributed by atoms with E-state index in [1.165, 1.54) is 10.9 Å². The van der Waals surface area contributed by atoms with E-state index in [9.17, 15) is 29.5 Å². The molecule has 15 heteroatoms. The Kier molecular flexibility index (Phi) is 7.14. The van der Waals surface area contributed by atoms with Crippen LogP contribution in [-0.4, -0.2) is 84.1 Å². The number of nitrogens with one attached hydrogen (secondary N) is 3. The highest BCUT2D eigenvalue weighted by Gasteiger charge is 2.47. The Bertz CT molecular complexity index is 1100. The fourth-order valence-electron chi connectivity index (χ4n) is 4.22. The number of fused-ring (bicyclic) bond motifs is 1. The average molecular weight is 478 g/mol. The summed E-state index contributed by atoms with van der Waals surface area (Å²) in [6.07, 6.45) is 1.41. The molecule has 1 aliphatic heterocycles. The van der Waals surface area contributed by atoms with Gasteiger partial charge in [-0.25, -0.2) is 14.8 Å². The van der Waals surface area contributed by atoms with Crippen molar-refractivity contribution in [3.05, 3.63) is 27.9 Å². The fraction of sp³-hybridized carbons (Fsp3) is 0.632. The molecule has 4 rings (SSSR count). The standard InChI is InChI=1S/C19H26N8O7/c28-12-13(29)18(26-9-23-11-15(26)21-8-22-16(11)30)34-14(12)17(31)20-6-7-27(25-33)19(32)24-10-4-2-1-3-5-10/h8-10,12-14,18,28-29H,1-7H2,(H,20,31)(H,24,32)(H,21,22,30). The summed E-state index contributed by atoms with van der Waals surface area (Å²) in [5.41, 5.74) is -0.377. The Labute approximate surface area is 192 Å². The van der Waals surface area contributed by atoms with Gasteiger partial charge in [0.25, 0.3) is 11.5 Å². The van der Waals surface area contributed by atoms with Crippen molar-refractivity contribution in [3.8, 4) is 0 Å². The van der Waals surface area contributed by atoms with E-state index in [1.807, 2.05) is 0 Å². The van der Waals surface area contributed by atoms with Crippen LogP contribution in [0, 0.1) is 4.91 Å². The van der Waals surface area contributed by atoms with Gasteiger partial charge in [0.05, 0.1) is 24.5 Å². The Balaban J connectivity index is 1.33. The summed E-state index contributed by atoms with van der Waals surface area (Å²) in [5.74, 6) is -0.761. The molecule has 2 fully saturated rings. The number of aliphatic hydroxyl groups is 2. The molecule has 0 bridgehead atoms. The quantitative estimate of drug-likeness (QED) is 0.241. The number of hydrogen-bond acceptors (Lipinski definition) is 10. The average Bonchev–Trinajstić information content (AvgIpc) is 3.39. The van der Waals surface area contributed by atoms with E-state index in [4.69, 9.17) is 4.74 Å². The number of aliphatic hydroxyl groups excluding tert-OH is 2. The second-order valence-corrected chi connectivity index (χ2v) is 8.26. The summed E-state index contributed by atoms with van der Waals surface area (Å²) >= 11 is 0. The molecule has 5 N–H and O–H groups in total. The van der Waals surface area contributed by atoms with Gasteiger partial charge in [-0.3, -0.25) is 14.2 Å². The third kappa shape index (κ3) is 4.76. The van der Waals surface area contributed by atoms with Crippen LogP contribution in [0.15, 0.2) is 22.7 Å². The monoisotopic (exact) mass is 478 g/mol. The van der Waals surface area contributed by atoms with Crippen molar-refractivity contribution >= 4 is 23.1 Å². The van der Waals surface area contributed by atoms with Crippen molar-refractivity contribution in [1.82, 2.24) is 35.2 Å². The van der Waals surface area contributed by atoms with Crippen LogP contribution in [0.25, 0.3) is 11.2 Å². The number of ether oxygens (including phenoxy) is 1. The highest BCUT2D eigenvalue weighted by Crippen LogP contribution is 2.31. The van der Waals surface area contributed by atoms with Crippen molar-refractivity contribution in [2.24, 2.45) is 5.29 Å². The Morgan fingerprint density at radius 3 is 2.74 bits per heavy atom. The molecular formula is C19H26N8O7. The number of rotatable bonds is 7. The van der Waals surface area contributed by atoms with Gasteiger partial charge in [0.15, 0.2) is 23.5 Å². The zero-order chi connectivity index (χ0) is 24.2. The number of aromatic nitrogens is 4. The lowest BCUT2D eigenvalue weighted by molar-refractivity contribution is -0.137. The molecule has 184 valence electrons. The zero-order valence-electron chi connectivity index (χ0n) is 18.2. The minimum Gasteiger partial charge on any atom is -0.387 e. The first-order valence-electron chi connectivity index (χ1n) is 11.0. The molecule has 3 amide bonds. The van der Waals surface area contributed by atoms with Gasteiger partial charge in [0.1, 0.15) is 12.2 Å². The number of H-pyrrole nitrogens is 1. The molecule has 3 heterocycles. The normalized spacial score (nSPS) is 25.2. The van der Waals surface area contributed by atoms with E-state index >= 15 is 0 Å². The molecule has 2 aromatic heterocycles. The van der Waals surface area contributed by atoms with Gasteiger partial charge < -0.3 is 30.6 Å². The van der Waals surface area contributed by atoms with Crippen LogP contribution in [0.5, 0.6) is 0 Å². The summed E-state index contributed by atoms with van der Waals surface area (Å²) < 4.78 is 6.80. The minimum atomic E-state index is -1.58. The number of amides is 3. The van der Waals surface area contributed by atoms with E-state index in [2.05, 4.69) is 30.9 Å². The summed E-state index contributed by atoms with van der Waals surface area (Å²) in [7, 11) is 0. The van der Waals surface area contributed by atoms with Gasteiger partial charge in [-0.05, 0) is 12.8 Å². The van der Waals surface area contributed by atoms with Gasteiger partial charge in [0, 0.05) is 12.6 Å². The maximum absolute atomic E-state index is 12.6. The summed E-state index contributed by atoms with van der Waals surface area (Å²) in [6, 6.07) is -0.650. The van der Waals surface area contributed by atoms with E-state index in [0.29, 0.717) is 5.01 Å². The van der Waals surface area contributed by atoms with Crippen molar-refractivity contribution in [2.45, 2.75) is 62.7 Å².